The summed E-state index contributed by atoms with van der Waals surface area (Å²) in [5.74, 6) is 0.678. The van der Waals surface area contributed by atoms with Crippen molar-refractivity contribution in [2.24, 2.45) is 7.05 Å². The van der Waals surface area contributed by atoms with Gasteiger partial charge in [-0.3, -0.25) is 10.1 Å². The quantitative estimate of drug-likeness (QED) is 0.444. The van der Waals surface area contributed by atoms with Gasteiger partial charge in [-0.1, -0.05) is 30.9 Å². The van der Waals surface area contributed by atoms with Crippen molar-refractivity contribution in [1.82, 2.24) is 29.7 Å². The van der Waals surface area contributed by atoms with Crippen LogP contribution >= 0.6 is 0 Å². The maximum atomic E-state index is 14.4. The normalized spacial score (nSPS) is 12.7. The first kappa shape index (κ1) is 20.6. The van der Waals surface area contributed by atoms with E-state index in [9.17, 15) is 4.39 Å². The Morgan fingerprint density at radius 1 is 1.15 bits per heavy atom. The molecule has 0 unspecified atom stereocenters. The van der Waals surface area contributed by atoms with E-state index < -0.39 is 0 Å². The Kier molecular flexibility index (Phi) is 5.01. The second kappa shape index (κ2) is 8.02. The lowest BCUT2D eigenvalue weighted by molar-refractivity contribution is 0.631. The van der Waals surface area contributed by atoms with Gasteiger partial charge in [0.25, 0.3) is 0 Å². The molecule has 0 aliphatic rings. The Balaban J connectivity index is 1.56. The molecular weight excluding hydrogens is 415 g/mol. The lowest BCUT2D eigenvalue weighted by atomic mass is 10.0. The Hall–Kier alpha value is -4.26. The number of pyridine rings is 1. The summed E-state index contributed by atoms with van der Waals surface area (Å²) in [6.07, 6.45) is 9.26. The third-order valence-electron chi connectivity index (χ3n) is 5.99. The fourth-order valence-electron chi connectivity index (χ4n) is 3.97. The first-order valence-corrected chi connectivity index (χ1v) is 10.6. The summed E-state index contributed by atoms with van der Waals surface area (Å²) in [4.78, 5) is 12.0. The largest absolute Gasteiger partial charge is 0.352 e. The summed E-state index contributed by atoms with van der Waals surface area (Å²) in [5, 5.41) is 10.0. The highest BCUT2D eigenvalue weighted by Crippen LogP contribution is 2.31. The molecule has 0 aliphatic heterocycles. The highest BCUT2D eigenvalue weighted by Gasteiger charge is 2.14. The maximum Gasteiger partial charge on any atom is 0.131 e. The number of halogens is 1. The van der Waals surface area contributed by atoms with Crippen molar-refractivity contribution in [1.29, 1.82) is 0 Å². The molecule has 0 radical (unpaired) electrons. The van der Waals surface area contributed by atoms with E-state index in [1.54, 1.807) is 24.5 Å². The van der Waals surface area contributed by atoms with E-state index in [-0.39, 0.29) is 5.82 Å². The van der Waals surface area contributed by atoms with Gasteiger partial charge in [0.2, 0.25) is 0 Å². The molecule has 0 spiro atoms. The lowest BCUT2D eigenvalue weighted by Gasteiger charge is -2.03. The van der Waals surface area contributed by atoms with Crippen molar-refractivity contribution < 1.29 is 4.39 Å². The molecule has 0 saturated heterocycles. The first-order chi connectivity index (χ1) is 15.9. The molecule has 2 N–H and O–H groups in total. The van der Waals surface area contributed by atoms with Crippen molar-refractivity contribution in [2.45, 2.75) is 13.8 Å². The fraction of sp³-hybridized carbons (Fsp3) is 0.115. The number of rotatable bonds is 4. The summed E-state index contributed by atoms with van der Waals surface area (Å²) in [6, 6.07) is 8.67. The number of imidazole rings is 1. The second-order valence-electron chi connectivity index (χ2n) is 8.04. The highest BCUT2D eigenvalue weighted by molar-refractivity contribution is 5.97. The predicted octanol–water partition coefficient (Wildman–Crippen LogP) is 4.10. The molecule has 4 heterocycles. The predicted molar refractivity (Wildman–Crippen MR) is 130 cm³/mol. The van der Waals surface area contributed by atoms with Gasteiger partial charge < -0.3 is 9.55 Å². The molecule has 5 rings (SSSR count). The summed E-state index contributed by atoms with van der Waals surface area (Å²) in [5.41, 5.74) is 5.68. The third kappa shape index (κ3) is 3.57. The molecular formula is C26H23FN6. The summed E-state index contributed by atoms with van der Waals surface area (Å²) in [6.45, 7) is 8.25. The van der Waals surface area contributed by atoms with E-state index >= 15 is 0 Å². The molecule has 33 heavy (non-hydrogen) atoms. The molecule has 0 amide bonds. The van der Waals surface area contributed by atoms with Crippen LogP contribution in [0, 0.1) is 12.7 Å². The summed E-state index contributed by atoms with van der Waals surface area (Å²) >= 11 is 0. The third-order valence-corrected chi connectivity index (χ3v) is 5.99. The number of nitrogens with zero attached hydrogens (tertiary/aromatic N) is 4. The average Bonchev–Trinajstić information content (AvgIpc) is 3.49. The van der Waals surface area contributed by atoms with E-state index in [0.717, 1.165) is 49.8 Å². The van der Waals surface area contributed by atoms with Gasteiger partial charge in [-0.2, -0.15) is 5.10 Å². The number of aryl methyl sites for hydroxylation is 1. The smallest absolute Gasteiger partial charge is 0.131 e. The number of hydrogen-bond acceptors (Lipinski definition) is 3. The minimum absolute atomic E-state index is 0.283. The van der Waals surface area contributed by atoms with E-state index in [4.69, 9.17) is 0 Å². The van der Waals surface area contributed by atoms with Crippen molar-refractivity contribution in [3.8, 4) is 22.5 Å². The van der Waals surface area contributed by atoms with Crippen LogP contribution in [0.2, 0.25) is 0 Å². The Morgan fingerprint density at radius 2 is 1.97 bits per heavy atom. The van der Waals surface area contributed by atoms with Crippen molar-refractivity contribution in [2.75, 3.05) is 0 Å². The Labute approximate surface area is 189 Å². The number of aromatic amines is 2. The molecule has 0 bridgehead atoms. The van der Waals surface area contributed by atoms with Crippen LogP contribution in [-0.2, 0) is 7.05 Å². The Bertz CT molecular complexity index is 1630. The number of fused-ring (bicyclic) bond motifs is 1. The summed E-state index contributed by atoms with van der Waals surface area (Å²) in [7, 11) is 2.00. The maximum absolute atomic E-state index is 14.4. The van der Waals surface area contributed by atoms with E-state index in [0.29, 0.717) is 11.3 Å². The van der Waals surface area contributed by atoms with Crippen molar-refractivity contribution in [3.63, 3.8) is 0 Å². The highest BCUT2D eigenvalue weighted by atomic mass is 19.1. The second-order valence-corrected chi connectivity index (χ2v) is 8.04. The number of allylic oxidation sites excluding steroid dienone is 2. The van der Waals surface area contributed by atoms with Crippen molar-refractivity contribution in [3.05, 3.63) is 82.9 Å². The number of nitrogens with one attached hydrogen (secondary N) is 2. The zero-order valence-corrected chi connectivity index (χ0v) is 18.6. The van der Waals surface area contributed by atoms with Crippen LogP contribution in [0.5, 0.6) is 0 Å². The van der Waals surface area contributed by atoms with Gasteiger partial charge in [-0.15, -0.1) is 0 Å². The van der Waals surface area contributed by atoms with Crippen LogP contribution in [0.4, 0.5) is 4.39 Å². The minimum Gasteiger partial charge on any atom is -0.352 e. The van der Waals surface area contributed by atoms with Crippen LogP contribution in [-0.4, -0.2) is 29.7 Å². The monoisotopic (exact) mass is 438 g/mol. The van der Waals surface area contributed by atoms with Gasteiger partial charge in [0.1, 0.15) is 17.3 Å². The van der Waals surface area contributed by atoms with Gasteiger partial charge in [-0.05, 0) is 37.6 Å². The average molecular weight is 439 g/mol. The van der Waals surface area contributed by atoms with Gasteiger partial charge in [0, 0.05) is 35.0 Å². The molecule has 1 aromatic carbocycles. The van der Waals surface area contributed by atoms with E-state index in [2.05, 4.69) is 36.3 Å². The first-order valence-electron chi connectivity index (χ1n) is 10.6. The van der Waals surface area contributed by atoms with Crippen molar-refractivity contribution >= 4 is 29.1 Å². The molecule has 164 valence electrons. The van der Waals surface area contributed by atoms with E-state index in [1.807, 2.05) is 51.4 Å². The molecule has 0 aliphatic carbocycles. The van der Waals surface area contributed by atoms with Crippen LogP contribution in [0.3, 0.4) is 0 Å². The lowest BCUT2D eigenvalue weighted by Crippen LogP contribution is -2.21. The number of benzene rings is 1. The van der Waals surface area contributed by atoms with Gasteiger partial charge in [0.15, 0.2) is 0 Å². The van der Waals surface area contributed by atoms with Crippen LogP contribution < -0.4 is 10.6 Å². The molecule has 6 nitrogen and oxygen atoms in total. The van der Waals surface area contributed by atoms with Gasteiger partial charge in [0.05, 0.1) is 34.6 Å². The number of aromatic nitrogens is 6. The SMILES string of the molecule is C=c1c(-c2cc3c(-c4ccccc4F)cncc3[nH]2)n[nH]/c1=C/C=C(\C)c1cnc(C)n1C. The Morgan fingerprint density at radius 3 is 2.73 bits per heavy atom. The van der Waals surface area contributed by atoms with Gasteiger partial charge >= 0.3 is 0 Å². The van der Waals surface area contributed by atoms with E-state index in [1.165, 1.54) is 6.07 Å². The van der Waals surface area contributed by atoms with Gasteiger partial charge in [-0.25, -0.2) is 9.37 Å². The standard InChI is InChI=1S/C26H23FN6/c1-15(25-14-29-17(3)33(25)4)9-10-22-16(2)26(32-31-22)23-11-19-20(12-28-13-24(19)30-23)18-7-5-6-8-21(18)27/h5-14,30-31H,2H2,1,3-4H3/b15-9+,22-10+. The topological polar surface area (TPSA) is 75.2 Å². The molecule has 4 aromatic heterocycles. The summed E-state index contributed by atoms with van der Waals surface area (Å²) < 4.78 is 16.5. The fourth-order valence-corrected chi connectivity index (χ4v) is 3.97. The molecule has 7 heteroatoms. The molecule has 0 fully saturated rings. The zero-order chi connectivity index (χ0) is 23.1. The zero-order valence-electron chi connectivity index (χ0n) is 18.6. The number of hydrogen-bond donors (Lipinski definition) is 2. The molecule has 0 saturated carbocycles. The molecule has 5 aromatic rings. The van der Waals surface area contributed by atoms with Crippen LogP contribution in [0.15, 0.2) is 55.0 Å². The molecule has 0 atom stereocenters. The van der Waals surface area contributed by atoms with Crippen LogP contribution in [0.25, 0.3) is 51.6 Å². The minimum atomic E-state index is -0.283. The van der Waals surface area contributed by atoms with Crippen LogP contribution in [0.1, 0.15) is 18.4 Å². The number of H-pyrrole nitrogens is 2.